The number of carbonyl (C=O) groups is 1. The van der Waals surface area contributed by atoms with E-state index in [2.05, 4.69) is 0 Å². The molecule has 4 heteroatoms. The van der Waals surface area contributed by atoms with Crippen molar-refractivity contribution >= 4 is 28.5 Å². The molecule has 1 heterocycles. The van der Waals surface area contributed by atoms with Crippen LogP contribution in [0.3, 0.4) is 0 Å². The second-order valence-electron chi connectivity index (χ2n) is 3.88. The Hall–Kier alpha value is -1.48. The van der Waals surface area contributed by atoms with E-state index in [1.165, 1.54) is 0 Å². The van der Waals surface area contributed by atoms with Crippen LogP contribution in [0.4, 0.5) is 0 Å². The largest absolute Gasteiger partial charge is 0.481 e. The van der Waals surface area contributed by atoms with E-state index in [1.807, 2.05) is 26.0 Å². The van der Waals surface area contributed by atoms with Crippen LogP contribution in [0.5, 0.6) is 0 Å². The van der Waals surface area contributed by atoms with Gasteiger partial charge in [0, 0.05) is 10.9 Å². The molecule has 0 aliphatic carbocycles. The number of furan rings is 1. The van der Waals surface area contributed by atoms with Crippen LogP contribution in [0.25, 0.3) is 11.0 Å². The first-order valence-corrected chi connectivity index (χ1v) is 5.26. The summed E-state index contributed by atoms with van der Waals surface area (Å²) in [6, 6.07) is 3.85. The van der Waals surface area contributed by atoms with E-state index in [0.29, 0.717) is 11.1 Å². The minimum Gasteiger partial charge on any atom is -0.481 e. The highest BCUT2D eigenvalue weighted by Crippen LogP contribution is 2.33. The first kappa shape index (κ1) is 11.0. The molecule has 0 amide bonds. The summed E-state index contributed by atoms with van der Waals surface area (Å²) in [5.74, 6) is -0.912. The van der Waals surface area contributed by atoms with Crippen LogP contribution in [-0.4, -0.2) is 11.1 Å². The minimum atomic E-state index is -0.912. The average molecular weight is 239 g/mol. The van der Waals surface area contributed by atoms with E-state index < -0.39 is 5.97 Å². The Morgan fingerprint density at radius 1 is 1.44 bits per heavy atom. The lowest BCUT2D eigenvalue weighted by Gasteiger charge is -2.00. The van der Waals surface area contributed by atoms with Crippen molar-refractivity contribution < 1.29 is 14.3 Å². The van der Waals surface area contributed by atoms with Crippen molar-refractivity contribution in [2.24, 2.45) is 0 Å². The molecule has 0 atom stereocenters. The van der Waals surface area contributed by atoms with E-state index in [-0.39, 0.29) is 11.6 Å². The zero-order valence-corrected chi connectivity index (χ0v) is 9.76. The molecule has 0 fully saturated rings. The highest BCUT2D eigenvalue weighted by Gasteiger charge is 2.17. The molecule has 2 aromatic rings. The summed E-state index contributed by atoms with van der Waals surface area (Å²) in [5.41, 5.74) is 3.26. The lowest BCUT2D eigenvalue weighted by atomic mass is 10.0. The maximum absolute atomic E-state index is 10.7. The van der Waals surface area contributed by atoms with Crippen LogP contribution >= 0.6 is 11.6 Å². The van der Waals surface area contributed by atoms with Gasteiger partial charge in [0.1, 0.15) is 5.58 Å². The SMILES string of the molecule is Cc1cc(C)c2c(CC(=O)O)c(Cl)oc2c1. The summed E-state index contributed by atoms with van der Waals surface area (Å²) in [4.78, 5) is 10.7. The molecule has 1 aromatic heterocycles. The molecule has 0 saturated heterocycles. The van der Waals surface area contributed by atoms with E-state index in [4.69, 9.17) is 21.1 Å². The topological polar surface area (TPSA) is 50.4 Å². The maximum atomic E-state index is 10.7. The number of hydrogen-bond acceptors (Lipinski definition) is 2. The molecular formula is C12H11ClO3. The molecule has 16 heavy (non-hydrogen) atoms. The van der Waals surface area contributed by atoms with Crippen molar-refractivity contribution in [3.05, 3.63) is 34.0 Å². The highest BCUT2D eigenvalue weighted by molar-refractivity contribution is 6.31. The monoisotopic (exact) mass is 238 g/mol. The van der Waals surface area contributed by atoms with Gasteiger partial charge in [0.15, 0.2) is 5.22 Å². The summed E-state index contributed by atoms with van der Waals surface area (Å²) >= 11 is 5.91. The number of carboxylic acids is 1. The van der Waals surface area contributed by atoms with Gasteiger partial charge in [-0.05, 0) is 42.6 Å². The van der Waals surface area contributed by atoms with Crippen LogP contribution in [0.15, 0.2) is 16.5 Å². The number of rotatable bonds is 2. The van der Waals surface area contributed by atoms with Crippen molar-refractivity contribution in [3.8, 4) is 0 Å². The van der Waals surface area contributed by atoms with Gasteiger partial charge in [0.25, 0.3) is 0 Å². The Balaban J connectivity index is 2.73. The van der Waals surface area contributed by atoms with E-state index in [0.717, 1.165) is 16.5 Å². The average Bonchev–Trinajstić information content (AvgIpc) is 2.41. The quantitative estimate of drug-likeness (QED) is 0.873. The van der Waals surface area contributed by atoms with Crippen LogP contribution < -0.4 is 0 Å². The third-order valence-electron chi connectivity index (χ3n) is 2.51. The van der Waals surface area contributed by atoms with Crippen LogP contribution in [0.1, 0.15) is 16.7 Å². The van der Waals surface area contributed by atoms with E-state index in [9.17, 15) is 4.79 Å². The number of benzene rings is 1. The number of fused-ring (bicyclic) bond motifs is 1. The van der Waals surface area contributed by atoms with Crippen molar-refractivity contribution in [1.82, 2.24) is 0 Å². The van der Waals surface area contributed by atoms with Gasteiger partial charge in [-0.2, -0.15) is 0 Å². The molecular weight excluding hydrogens is 228 g/mol. The second kappa shape index (κ2) is 3.83. The lowest BCUT2D eigenvalue weighted by Crippen LogP contribution is -2.00. The van der Waals surface area contributed by atoms with Crippen molar-refractivity contribution in [1.29, 1.82) is 0 Å². The number of carboxylic acid groups (broad SMARTS) is 1. The Bertz CT molecular complexity index is 569. The van der Waals surface area contributed by atoms with Gasteiger partial charge >= 0.3 is 5.97 Å². The summed E-state index contributed by atoms with van der Waals surface area (Å²) in [6.07, 6.45) is -0.115. The van der Waals surface area contributed by atoms with Gasteiger partial charge < -0.3 is 9.52 Å². The number of halogens is 1. The zero-order valence-electron chi connectivity index (χ0n) is 9.00. The molecule has 0 bridgehead atoms. The summed E-state index contributed by atoms with van der Waals surface area (Å²) < 4.78 is 5.36. The highest BCUT2D eigenvalue weighted by atomic mass is 35.5. The van der Waals surface area contributed by atoms with Crippen LogP contribution in [-0.2, 0) is 11.2 Å². The lowest BCUT2D eigenvalue weighted by molar-refractivity contribution is -0.136. The van der Waals surface area contributed by atoms with Crippen LogP contribution in [0.2, 0.25) is 5.22 Å². The number of aliphatic carboxylic acids is 1. The molecule has 0 saturated carbocycles. The van der Waals surface area contributed by atoms with Gasteiger partial charge in [-0.1, -0.05) is 6.07 Å². The van der Waals surface area contributed by atoms with E-state index in [1.54, 1.807) is 0 Å². The van der Waals surface area contributed by atoms with Crippen LogP contribution in [0, 0.1) is 13.8 Å². The normalized spacial score (nSPS) is 10.9. The molecule has 0 spiro atoms. The maximum Gasteiger partial charge on any atom is 0.308 e. The summed E-state index contributed by atoms with van der Waals surface area (Å²) in [5, 5.41) is 9.80. The Morgan fingerprint density at radius 3 is 2.75 bits per heavy atom. The predicted octanol–water partition coefficient (Wildman–Crippen LogP) is 3.33. The summed E-state index contributed by atoms with van der Waals surface area (Å²) in [7, 11) is 0. The molecule has 0 radical (unpaired) electrons. The Morgan fingerprint density at radius 2 is 2.12 bits per heavy atom. The van der Waals surface area contributed by atoms with E-state index >= 15 is 0 Å². The molecule has 0 aliphatic rings. The second-order valence-corrected chi connectivity index (χ2v) is 4.22. The molecule has 1 N–H and O–H groups in total. The number of aryl methyl sites for hydroxylation is 2. The fourth-order valence-corrected chi connectivity index (χ4v) is 2.21. The standard InChI is InChI=1S/C12H11ClO3/c1-6-3-7(2)11-8(5-10(14)15)12(13)16-9(11)4-6/h3-4H,5H2,1-2H3,(H,14,15). The van der Waals surface area contributed by atoms with Gasteiger partial charge in [-0.3, -0.25) is 4.79 Å². The molecule has 1 aromatic carbocycles. The molecule has 0 unspecified atom stereocenters. The summed E-state index contributed by atoms with van der Waals surface area (Å²) in [6.45, 7) is 3.88. The molecule has 3 nitrogen and oxygen atoms in total. The molecule has 84 valence electrons. The smallest absolute Gasteiger partial charge is 0.308 e. The minimum absolute atomic E-state index is 0.115. The van der Waals surface area contributed by atoms with Crippen molar-refractivity contribution in [2.75, 3.05) is 0 Å². The first-order chi connectivity index (χ1) is 7.49. The van der Waals surface area contributed by atoms with Gasteiger partial charge in [0.05, 0.1) is 6.42 Å². The fraction of sp³-hybridized carbons (Fsp3) is 0.250. The molecule has 2 rings (SSSR count). The van der Waals surface area contributed by atoms with Gasteiger partial charge in [-0.25, -0.2) is 0 Å². The first-order valence-electron chi connectivity index (χ1n) is 4.89. The fourth-order valence-electron chi connectivity index (χ4n) is 1.96. The number of hydrogen-bond donors (Lipinski definition) is 1. The van der Waals surface area contributed by atoms with Crippen molar-refractivity contribution in [3.63, 3.8) is 0 Å². The zero-order chi connectivity index (χ0) is 11.9. The predicted molar refractivity (Wildman–Crippen MR) is 62.0 cm³/mol. The Labute approximate surface area is 97.6 Å². The molecule has 0 aliphatic heterocycles. The van der Waals surface area contributed by atoms with Gasteiger partial charge in [-0.15, -0.1) is 0 Å². The van der Waals surface area contributed by atoms with Gasteiger partial charge in [0.2, 0.25) is 0 Å². The third-order valence-corrected chi connectivity index (χ3v) is 2.82. The Kier molecular flexibility index (Phi) is 2.64. The van der Waals surface area contributed by atoms with Crippen molar-refractivity contribution in [2.45, 2.75) is 20.3 Å². The third kappa shape index (κ3) is 1.78.